The highest BCUT2D eigenvalue weighted by Gasteiger charge is 2.22. The van der Waals surface area contributed by atoms with E-state index in [1.165, 1.54) is 5.56 Å². The van der Waals surface area contributed by atoms with E-state index in [0.29, 0.717) is 0 Å². The Kier molecular flexibility index (Phi) is 13.1. The number of hydrogen-bond donors (Lipinski definition) is 1. The van der Waals surface area contributed by atoms with Gasteiger partial charge in [0.1, 0.15) is 11.5 Å². The highest BCUT2D eigenvalue weighted by molar-refractivity contribution is 5.98. The minimum atomic E-state index is 0. The Morgan fingerprint density at radius 3 is 1.78 bits per heavy atom. The SMILES string of the molecule is C.C.CN1CCN(c2cc(-c3ccncc3)c(-c3cccc4[nH]ccc34)nn2)CC1.c1ccc(-c2cnc(N3CCN(c4ncccn4)CC3)cc2-c2ccncc2)cc1. The third-order valence-corrected chi connectivity index (χ3v) is 10.9. The number of aromatic amines is 1. The molecule has 8 aromatic rings. The van der Waals surface area contributed by atoms with Crippen LogP contribution in [-0.4, -0.2) is 104 Å². The minimum absolute atomic E-state index is 0. The quantitative estimate of drug-likeness (QED) is 0.167. The van der Waals surface area contributed by atoms with Crippen molar-refractivity contribution in [3.8, 4) is 44.6 Å². The number of benzene rings is 2. The Balaban J connectivity index is 0.000000176. The van der Waals surface area contributed by atoms with Crippen molar-refractivity contribution in [1.29, 1.82) is 0 Å². The van der Waals surface area contributed by atoms with Gasteiger partial charge in [-0.15, -0.1) is 10.2 Å². The van der Waals surface area contributed by atoms with Gasteiger partial charge in [-0.05, 0) is 83.9 Å². The Labute approximate surface area is 352 Å². The van der Waals surface area contributed by atoms with E-state index in [1.807, 2.05) is 61.4 Å². The van der Waals surface area contributed by atoms with Gasteiger partial charge >= 0.3 is 0 Å². The predicted molar refractivity (Wildman–Crippen MR) is 245 cm³/mol. The molecule has 12 heteroatoms. The molecule has 0 atom stereocenters. The number of fused-ring (bicyclic) bond motifs is 1. The molecule has 8 heterocycles. The van der Waals surface area contributed by atoms with Crippen molar-refractivity contribution in [1.82, 2.24) is 45.0 Å². The fourth-order valence-electron chi connectivity index (χ4n) is 7.64. The molecule has 2 aliphatic rings. The Bertz CT molecular complexity index is 2550. The molecule has 6 aromatic heterocycles. The monoisotopic (exact) mass is 796 g/mol. The summed E-state index contributed by atoms with van der Waals surface area (Å²) < 4.78 is 0. The number of hydrogen-bond acceptors (Lipinski definition) is 11. The van der Waals surface area contributed by atoms with E-state index >= 15 is 0 Å². The Morgan fingerprint density at radius 2 is 1.08 bits per heavy atom. The van der Waals surface area contributed by atoms with Crippen LogP contribution in [-0.2, 0) is 0 Å². The van der Waals surface area contributed by atoms with Crippen LogP contribution in [0.15, 0.2) is 147 Å². The number of H-pyrrole nitrogens is 1. The van der Waals surface area contributed by atoms with Crippen LogP contribution < -0.4 is 14.7 Å². The molecule has 10 rings (SSSR count). The molecule has 12 nitrogen and oxygen atoms in total. The summed E-state index contributed by atoms with van der Waals surface area (Å²) in [5.74, 6) is 2.72. The zero-order valence-corrected chi connectivity index (χ0v) is 32.4. The molecule has 2 aromatic carbocycles. The minimum Gasteiger partial charge on any atom is -0.361 e. The molecule has 1 N–H and O–H groups in total. The van der Waals surface area contributed by atoms with Crippen LogP contribution in [0.2, 0.25) is 0 Å². The maximum Gasteiger partial charge on any atom is 0.225 e. The van der Waals surface area contributed by atoms with Gasteiger partial charge in [-0.25, -0.2) is 15.0 Å². The van der Waals surface area contributed by atoms with Crippen molar-refractivity contribution >= 4 is 28.5 Å². The van der Waals surface area contributed by atoms with Gasteiger partial charge in [0.05, 0.1) is 0 Å². The summed E-state index contributed by atoms with van der Waals surface area (Å²) in [4.78, 5) is 34.4. The van der Waals surface area contributed by atoms with Crippen molar-refractivity contribution in [3.05, 3.63) is 147 Å². The summed E-state index contributed by atoms with van der Waals surface area (Å²) in [6, 6.07) is 33.1. The summed E-state index contributed by atoms with van der Waals surface area (Å²) in [5, 5.41) is 10.5. The molecule has 0 amide bonds. The second-order valence-corrected chi connectivity index (χ2v) is 14.4. The lowest BCUT2D eigenvalue weighted by atomic mass is 9.97. The van der Waals surface area contributed by atoms with Crippen LogP contribution in [0.5, 0.6) is 0 Å². The van der Waals surface area contributed by atoms with Gasteiger partial charge in [0.25, 0.3) is 0 Å². The number of rotatable bonds is 7. The average molecular weight is 797 g/mol. The summed E-state index contributed by atoms with van der Waals surface area (Å²) in [7, 11) is 2.16. The first-order valence-corrected chi connectivity index (χ1v) is 19.7. The van der Waals surface area contributed by atoms with E-state index < -0.39 is 0 Å². The van der Waals surface area contributed by atoms with Crippen molar-refractivity contribution in [2.75, 3.05) is 74.1 Å². The second kappa shape index (κ2) is 19.1. The topological polar surface area (TPSA) is 119 Å². The van der Waals surface area contributed by atoms with Crippen LogP contribution in [0.1, 0.15) is 14.9 Å². The smallest absolute Gasteiger partial charge is 0.225 e. The van der Waals surface area contributed by atoms with Crippen LogP contribution in [0.3, 0.4) is 0 Å². The van der Waals surface area contributed by atoms with Crippen molar-refractivity contribution in [2.24, 2.45) is 0 Å². The number of nitrogens with zero attached hydrogens (tertiary/aromatic N) is 11. The molecular formula is C48H52N12. The highest BCUT2D eigenvalue weighted by atomic mass is 15.3. The maximum absolute atomic E-state index is 4.82. The molecule has 0 saturated carbocycles. The lowest BCUT2D eigenvalue weighted by Gasteiger charge is -2.35. The van der Waals surface area contributed by atoms with Crippen LogP contribution >= 0.6 is 0 Å². The first-order chi connectivity index (χ1) is 28.7. The van der Waals surface area contributed by atoms with Gasteiger partial charge < -0.3 is 24.6 Å². The van der Waals surface area contributed by atoms with E-state index in [9.17, 15) is 0 Å². The van der Waals surface area contributed by atoms with E-state index in [1.54, 1.807) is 12.4 Å². The molecule has 0 radical (unpaired) electrons. The van der Waals surface area contributed by atoms with Gasteiger partial charge in [0.2, 0.25) is 5.95 Å². The zero-order chi connectivity index (χ0) is 39.1. The van der Waals surface area contributed by atoms with Crippen molar-refractivity contribution in [3.63, 3.8) is 0 Å². The van der Waals surface area contributed by atoms with E-state index in [0.717, 1.165) is 120 Å². The molecule has 0 unspecified atom stereocenters. The summed E-state index contributed by atoms with van der Waals surface area (Å²) in [5.41, 5.74) is 9.87. The van der Waals surface area contributed by atoms with Crippen molar-refractivity contribution in [2.45, 2.75) is 14.9 Å². The number of aromatic nitrogens is 8. The summed E-state index contributed by atoms with van der Waals surface area (Å²) in [6.07, 6.45) is 14.9. The predicted octanol–water partition coefficient (Wildman–Crippen LogP) is 8.64. The lowest BCUT2D eigenvalue weighted by molar-refractivity contribution is 0.312. The Morgan fingerprint density at radius 1 is 0.483 bits per heavy atom. The third-order valence-electron chi connectivity index (χ3n) is 10.9. The molecule has 2 saturated heterocycles. The average Bonchev–Trinajstić information content (AvgIpc) is 3.80. The van der Waals surface area contributed by atoms with E-state index in [4.69, 9.17) is 10.1 Å². The van der Waals surface area contributed by atoms with E-state index in [2.05, 4.69) is 129 Å². The van der Waals surface area contributed by atoms with Gasteiger partial charge in [-0.1, -0.05) is 57.3 Å². The fourth-order valence-corrected chi connectivity index (χ4v) is 7.64. The van der Waals surface area contributed by atoms with Crippen molar-refractivity contribution < 1.29 is 0 Å². The molecule has 60 heavy (non-hydrogen) atoms. The highest BCUT2D eigenvalue weighted by Crippen LogP contribution is 2.36. The summed E-state index contributed by atoms with van der Waals surface area (Å²) >= 11 is 0. The number of anilines is 3. The largest absolute Gasteiger partial charge is 0.361 e. The second-order valence-electron chi connectivity index (χ2n) is 14.4. The lowest BCUT2D eigenvalue weighted by Crippen LogP contribution is -2.47. The maximum atomic E-state index is 4.82. The van der Waals surface area contributed by atoms with Crippen LogP contribution in [0, 0.1) is 0 Å². The molecule has 2 fully saturated rings. The number of nitrogens with one attached hydrogen (secondary N) is 1. The van der Waals surface area contributed by atoms with Gasteiger partial charge in [0, 0.05) is 130 Å². The van der Waals surface area contributed by atoms with Gasteiger partial charge in [-0.2, -0.15) is 0 Å². The summed E-state index contributed by atoms with van der Waals surface area (Å²) in [6.45, 7) is 7.51. The molecule has 0 bridgehead atoms. The normalized spacial score (nSPS) is 14.1. The molecule has 0 aliphatic carbocycles. The zero-order valence-electron chi connectivity index (χ0n) is 32.4. The standard InChI is InChI=1S/C24H22N6.C22H22N6.2CH4/c1-2-5-19(6-3-1)22-18-28-23(17-21(22)20-7-11-25-12-8-20)29-13-15-30(16-14-29)24-26-9-4-10-27-24;1-27-11-13-28(14-12-27)21-15-19(16-5-8-23-9-6-16)22(26-25-21)18-3-2-4-20-17(18)7-10-24-20;;/h1-12,17-18H,13-16H2;2-10,15,24H,11-14H2,1H3;2*1H4. The van der Waals surface area contributed by atoms with Gasteiger partial charge in [0.15, 0.2) is 5.82 Å². The molecule has 2 aliphatic heterocycles. The first kappa shape index (κ1) is 41.1. The molecular weight excluding hydrogens is 745 g/mol. The van der Waals surface area contributed by atoms with Crippen LogP contribution in [0.4, 0.5) is 17.6 Å². The van der Waals surface area contributed by atoms with Crippen LogP contribution in [0.25, 0.3) is 55.5 Å². The van der Waals surface area contributed by atoms with Gasteiger partial charge in [-0.3, -0.25) is 9.97 Å². The first-order valence-electron chi connectivity index (χ1n) is 19.7. The Hall–Kier alpha value is -7.05. The number of pyridine rings is 3. The molecule has 0 spiro atoms. The van der Waals surface area contributed by atoms with E-state index in [-0.39, 0.29) is 14.9 Å². The third kappa shape index (κ3) is 8.98. The fraction of sp³-hybridized carbons (Fsp3) is 0.229. The number of likely N-dealkylation sites (N-methyl/N-ethyl adjacent to an activating group) is 1. The number of piperazine rings is 2. The molecule has 304 valence electrons.